The molecular weight excluding hydrogens is 354 g/mol. The fourth-order valence-electron chi connectivity index (χ4n) is 2.32. The number of hydrogen-bond acceptors (Lipinski definition) is 6. The minimum Gasteiger partial charge on any atom is -0.497 e. The van der Waals surface area contributed by atoms with E-state index in [0.29, 0.717) is 21.3 Å². The van der Waals surface area contributed by atoms with Crippen LogP contribution in [0.15, 0.2) is 52.4 Å². The van der Waals surface area contributed by atoms with Crippen molar-refractivity contribution >= 4 is 40.3 Å². The lowest BCUT2D eigenvalue weighted by Crippen LogP contribution is -2.19. The molecule has 26 heavy (non-hydrogen) atoms. The minimum absolute atomic E-state index is 0.00894. The van der Waals surface area contributed by atoms with Crippen LogP contribution in [0.25, 0.3) is 6.08 Å². The van der Waals surface area contributed by atoms with Gasteiger partial charge in [-0.2, -0.15) is 0 Å². The second kappa shape index (κ2) is 7.40. The number of nitrogens with one attached hydrogen (secondary N) is 1. The van der Waals surface area contributed by atoms with Crippen LogP contribution in [0.1, 0.15) is 11.1 Å². The molecule has 0 saturated carbocycles. The van der Waals surface area contributed by atoms with Gasteiger partial charge in [-0.3, -0.25) is 14.9 Å². The van der Waals surface area contributed by atoms with Gasteiger partial charge in [-0.05, 0) is 54.1 Å². The van der Waals surface area contributed by atoms with Crippen molar-refractivity contribution < 1.29 is 14.5 Å². The zero-order chi connectivity index (χ0) is 18.7. The number of methoxy groups -OCH3 is 1. The Labute approximate surface area is 153 Å². The molecule has 0 spiro atoms. The maximum Gasteiger partial charge on any atom is 0.269 e. The summed E-state index contributed by atoms with van der Waals surface area (Å²) in [5.74, 6) is 0.510. The summed E-state index contributed by atoms with van der Waals surface area (Å²) in [5, 5.41) is 13.9. The topological polar surface area (TPSA) is 93.8 Å². The first-order valence-electron chi connectivity index (χ1n) is 7.65. The zero-order valence-corrected chi connectivity index (χ0v) is 14.9. The van der Waals surface area contributed by atoms with Gasteiger partial charge >= 0.3 is 0 Å². The number of thioether (sulfide) groups is 1. The molecule has 3 rings (SSSR count). The summed E-state index contributed by atoms with van der Waals surface area (Å²) >= 11 is 1.22. The number of nitro benzene ring substituents is 1. The molecular formula is C18H15N3O4S. The van der Waals surface area contributed by atoms with E-state index in [0.717, 1.165) is 11.3 Å². The van der Waals surface area contributed by atoms with Gasteiger partial charge in [0.2, 0.25) is 0 Å². The molecule has 0 bridgehead atoms. The maximum atomic E-state index is 12.1. The van der Waals surface area contributed by atoms with E-state index in [1.807, 2.05) is 24.3 Å². The quantitative estimate of drug-likeness (QED) is 0.502. The normalized spacial score (nSPS) is 16.8. The van der Waals surface area contributed by atoms with Crippen LogP contribution in [0.3, 0.4) is 0 Å². The number of amides is 1. The SMILES string of the molecule is COc1ccc(/C=C2/SC(=Nc3ccc([N+](=O)[O-])cc3C)NC2=O)cc1. The van der Waals surface area contributed by atoms with Crippen molar-refractivity contribution in [2.75, 3.05) is 7.11 Å². The Morgan fingerprint density at radius 1 is 1.23 bits per heavy atom. The van der Waals surface area contributed by atoms with Crippen molar-refractivity contribution in [3.63, 3.8) is 0 Å². The number of amidine groups is 1. The van der Waals surface area contributed by atoms with E-state index in [4.69, 9.17) is 4.74 Å². The third-order valence-electron chi connectivity index (χ3n) is 3.68. The first-order chi connectivity index (χ1) is 12.5. The van der Waals surface area contributed by atoms with Crippen LogP contribution in [0.2, 0.25) is 0 Å². The first kappa shape index (κ1) is 17.7. The minimum atomic E-state index is -0.453. The highest BCUT2D eigenvalue weighted by Crippen LogP contribution is 2.30. The molecule has 0 atom stereocenters. The molecule has 1 aliphatic rings. The van der Waals surface area contributed by atoms with E-state index >= 15 is 0 Å². The molecule has 7 nitrogen and oxygen atoms in total. The van der Waals surface area contributed by atoms with Crippen LogP contribution < -0.4 is 10.1 Å². The maximum absolute atomic E-state index is 12.1. The predicted octanol–water partition coefficient (Wildman–Crippen LogP) is 3.80. The highest BCUT2D eigenvalue weighted by molar-refractivity contribution is 8.18. The number of aryl methyl sites for hydroxylation is 1. The smallest absolute Gasteiger partial charge is 0.269 e. The van der Waals surface area contributed by atoms with Crippen molar-refractivity contribution in [2.45, 2.75) is 6.92 Å². The molecule has 1 heterocycles. The average molecular weight is 369 g/mol. The number of benzene rings is 2. The summed E-state index contributed by atoms with van der Waals surface area (Å²) in [4.78, 5) is 27.4. The molecule has 132 valence electrons. The van der Waals surface area contributed by atoms with E-state index in [9.17, 15) is 14.9 Å². The van der Waals surface area contributed by atoms with Gasteiger partial charge in [0.25, 0.3) is 11.6 Å². The molecule has 0 aliphatic carbocycles. The molecule has 8 heteroatoms. The second-order valence-electron chi connectivity index (χ2n) is 5.48. The van der Waals surface area contributed by atoms with E-state index in [1.165, 1.54) is 23.9 Å². The Kier molecular flexibility index (Phi) is 5.04. The molecule has 0 aromatic heterocycles. The number of carbonyl (C=O) groups is 1. The Bertz CT molecular complexity index is 936. The van der Waals surface area contributed by atoms with Crippen molar-refractivity contribution in [3.05, 3.63) is 68.6 Å². The number of rotatable bonds is 4. The summed E-state index contributed by atoms with van der Waals surface area (Å²) in [7, 11) is 1.59. The average Bonchev–Trinajstić information content (AvgIpc) is 2.96. The third kappa shape index (κ3) is 3.92. The Morgan fingerprint density at radius 3 is 2.58 bits per heavy atom. The molecule has 2 aromatic rings. The number of nitrogens with zero attached hydrogens (tertiary/aromatic N) is 2. The molecule has 1 aliphatic heterocycles. The largest absolute Gasteiger partial charge is 0.497 e. The van der Waals surface area contributed by atoms with Crippen molar-refractivity contribution in [3.8, 4) is 5.75 Å². The van der Waals surface area contributed by atoms with Crippen molar-refractivity contribution in [1.29, 1.82) is 0 Å². The lowest BCUT2D eigenvalue weighted by molar-refractivity contribution is -0.384. The number of ether oxygens (including phenoxy) is 1. The number of aliphatic imine (C=N–C) groups is 1. The van der Waals surface area contributed by atoms with Crippen LogP contribution in [-0.4, -0.2) is 23.1 Å². The molecule has 1 saturated heterocycles. The van der Waals surface area contributed by atoms with Crippen LogP contribution in [-0.2, 0) is 4.79 Å². The van der Waals surface area contributed by atoms with E-state index in [2.05, 4.69) is 10.3 Å². The standard InChI is InChI=1S/C18H15N3O4S/c1-11-9-13(21(23)24)5-8-15(11)19-18-20-17(22)16(26-18)10-12-3-6-14(25-2)7-4-12/h3-10H,1-2H3,(H,19,20,22)/b16-10+. The van der Waals surface area contributed by atoms with E-state index in [1.54, 1.807) is 26.2 Å². The molecule has 2 aromatic carbocycles. The molecule has 0 unspecified atom stereocenters. The molecule has 1 amide bonds. The second-order valence-corrected chi connectivity index (χ2v) is 6.51. The van der Waals surface area contributed by atoms with Crippen LogP contribution in [0.5, 0.6) is 5.75 Å². The fourth-order valence-corrected chi connectivity index (χ4v) is 3.15. The molecule has 0 radical (unpaired) electrons. The van der Waals surface area contributed by atoms with Crippen molar-refractivity contribution in [1.82, 2.24) is 5.32 Å². The summed E-state index contributed by atoms with van der Waals surface area (Å²) < 4.78 is 5.11. The summed E-state index contributed by atoms with van der Waals surface area (Å²) in [6.45, 7) is 1.74. The van der Waals surface area contributed by atoms with E-state index in [-0.39, 0.29) is 11.6 Å². The van der Waals surface area contributed by atoms with Gasteiger partial charge in [-0.15, -0.1) is 0 Å². The molecule has 1 N–H and O–H groups in total. The Morgan fingerprint density at radius 2 is 1.96 bits per heavy atom. The van der Waals surface area contributed by atoms with Gasteiger partial charge < -0.3 is 10.1 Å². The highest BCUT2D eigenvalue weighted by Gasteiger charge is 2.24. The lowest BCUT2D eigenvalue weighted by Gasteiger charge is -2.01. The van der Waals surface area contributed by atoms with Gasteiger partial charge in [-0.1, -0.05) is 12.1 Å². The molecule has 1 fully saturated rings. The summed E-state index contributed by atoms with van der Waals surface area (Å²) in [6.07, 6.45) is 1.77. The van der Waals surface area contributed by atoms with Gasteiger partial charge in [0, 0.05) is 12.1 Å². The van der Waals surface area contributed by atoms with Crippen molar-refractivity contribution in [2.24, 2.45) is 4.99 Å². The Hall–Kier alpha value is -3.13. The number of nitro groups is 1. The first-order valence-corrected chi connectivity index (χ1v) is 8.46. The van der Waals surface area contributed by atoms with Crippen LogP contribution in [0.4, 0.5) is 11.4 Å². The van der Waals surface area contributed by atoms with Gasteiger partial charge in [-0.25, -0.2) is 4.99 Å². The summed E-state index contributed by atoms with van der Waals surface area (Å²) in [5.41, 5.74) is 2.11. The van der Waals surface area contributed by atoms with Gasteiger partial charge in [0.1, 0.15) is 5.75 Å². The van der Waals surface area contributed by atoms with Gasteiger partial charge in [0.15, 0.2) is 5.17 Å². The van der Waals surface area contributed by atoms with Crippen LogP contribution in [0, 0.1) is 17.0 Å². The monoisotopic (exact) mass is 369 g/mol. The third-order valence-corrected chi connectivity index (χ3v) is 4.59. The number of hydrogen-bond donors (Lipinski definition) is 1. The fraction of sp³-hybridized carbons (Fsp3) is 0.111. The predicted molar refractivity (Wildman–Crippen MR) is 102 cm³/mol. The van der Waals surface area contributed by atoms with Gasteiger partial charge in [0.05, 0.1) is 22.6 Å². The zero-order valence-electron chi connectivity index (χ0n) is 14.1. The number of non-ortho nitro benzene ring substituents is 1. The Balaban J connectivity index is 1.81. The number of carbonyl (C=O) groups excluding carboxylic acids is 1. The van der Waals surface area contributed by atoms with Crippen LogP contribution >= 0.6 is 11.8 Å². The lowest BCUT2D eigenvalue weighted by atomic mass is 10.2. The highest BCUT2D eigenvalue weighted by atomic mass is 32.2. The summed E-state index contributed by atoms with van der Waals surface area (Å²) in [6, 6.07) is 11.8. The van der Waals surface area contributed by atoms with E-state index < -0.39 is 4.92 Å².